The lowest BCUT2D eigenvalue weighted by atomic mass is 10.1. The van der Waals surface area contributed by atoms with Crippen LogP contribution in [0.2, 0.25) is 0 Å². The lowest BCUT2D eigenvalue weighted by Gasteiger charge is -2.10. The van der Waals surface area contributed by atoms with Crippen LogP contribution in [0.15, 0.2) is 47.5 Å². The molecule has 0 aliphatic carbocycles. The fraction of sp³-hybridized carbons (Fsp3) is 0.478. The van der Waals surface area contributed by atoms with Crippen molar-refractivity contribution >= 4 is 11.9 Å². The molecule has 1 heterocycles. The molecule has 2 aromatic rings. The molecule has 0 aliphatic rings. The summed E-state index contributed by atoms with van der Waals surface area (Å²) in [5.74, 6) is 1.37. The topological polar surface area (TPSA) is 34.5 Å². The van der Waals surface area contributed by atoms with Gasteiger partial charge in [-0.05, 0) is 31.7 Å². The molecule has 0 fully saturated rings. The van der Waals surface area contributed by atoms with Gasteiger partial charge in [0.1, 0.15) is 0 Å². The van der Waals surface area contributed by atoms with Crippen LogP contribution >= 0.6 is 0 Å². The molecule has 0 N–H and O–H groups in total. The number of benzene rings is 1. The van der Waals surface area contributed by atoms with E-state index in [2.05, 4.69) is 37.7 Å². The molecule has 3 nitrogen and oxygen atoms in total. The molecule has 1 aromatic heterocycles. The summed E-state index contributed by atoms with van der Waals surface area (Å²) in [6.45, 7) is 11.4. The van der Waals surface area contributed by atoms with Crippen molar-refractivity contribution in [2.24, 2.45) is 10.9 Å². The highest BCUT2D eigenvalue weighted by Crippen LogP contribution is 2.30. The van der Waals surface area contributed by atoms with Gasteiger partial charge in [-0.1, -0.05) is 70.9 Å². The number of pyridine rings is 1. The number of hydrogen-bond donors (Lipinski definition) is 0. The Balaban J connectivity index is 0.000000765. The molecule has 0 atom stereocenters. The Morgan fingerprint density at radius 1 is 1.04 bits per heavy atom. The highest BCUT2D eigenvalue weighted by atomic mass is 16.5. The van der Waals surface area contributed by atoms with Gasteiger partial charge in [-0.3, -0.25) is 4.99 Å². The van der Waals surface area contributed by atoms with E-state index in [0.29, 0.717) is 18.4 Å². The van der Waals surface area contributed by atoms with Gasteiger partial charge in [-0.2, -0.15) is 0 Å². The van der Waals surface area contributed by atoms with Crippen LogP contribution in [0.3, 0.4) is 0 Å². The van der Waals surface area contributed by atoms with E-state index in [-0.39, 0.29) is 0 Å². The van der Waals surface area contributed by atoms with Gasteiger partial charge < -0.3 is 4.74 Å². The van der Waals surface area contributed by atoms with E-state index in [1.165, 1.54) is 19.3 Å². The van der Waals surface area contributed by atoms with Gasteiger partial charge in [0.15, 0.2) is 0 Å². The van der Waals surface area contributed by atoms with Crippen LogP contribution in [0.1, 0.15) is 60.3 Å². The van der Waals surface area contributed by atoms with Gasteiger partial charge in [-0.15, -0.1) is 0 Å². The summed E-state index contributed by atoms with van der Waals surface area (Å²) < 4.78 is 5.79. The van der Waals surface area contributed by atoms with Crippen molar-refractivity contribution in [3.63, 3.8) is 0 Å². The minimum absolute atomic E-state index is 0.665. The molecule has 3 heteroatoms. The van der Waals surface area contributed by atoms with E-state index < -0.39 is 0 Å². The molecule has 26 heavy (non-hydrogen) atoms. The molecule has 0 spiro atoms. The summed E-state index contributed by atoms with van der Waals surface area (Å²) in [6.07, 6.45) is 6.64. The van der Waals surface area contributed by atoms with Crippen LogP contribution in [0.25, 0.3) is 11.3 Å². The standard InChI is InChI=1S/C19H24N2O.C4H10/c1-4-20-17-12-13-18(22-14-8-9-15(2)3)21-19(17)16-10-6-5-7-11-16;1-3-4-2/h4-7,10-13,15H,8-9,14H2,1-3H3;3-4H2,1-2H3. The second-order valence-corrected chi connectivity index (χ2v) is 6.66. The first-order chi connectivity index (χ1) is 12.6. The van der Waals surface area contributed by atoms with E-state index in [9.17, 15) is 0 Å². The first kappa shape index (κ1) is 21.9. The summed E-state index contributed by atoms with van der Waals surface area (Å²) in [5, 5.41) is 0. The van der Waals surface area contributed by atoms with Crippen LogP contribution in [0, 0.1) is 5.92 Å². The fourth-order valence-electron chi connectivity index (χ4n) is 2.23. The van der Waals surface area contributed by atoms with Crippen molar-refractivity contribution < 1.29 is 4.74 Å². The quantitative estimate of drug-likeness (QED) is 0.374. The molecule has 1 aromatic carbocycles. The Hall–Kier alpha value is -2.16. The summed E-state index contributed by atoms with van der Waals surface area (Å²) in [4.78, 5) is 9.04. The zero-order valence-corrected chi connectivity index (χ0v) is 17.0. The monoisotopic (exact) mass is 354 g/mol. The fourth-order valence-corrected chi connectivity index (χ4v) is 2.23. The molecular weight excluding hydrogens is 320 g/mol. The highest BCUT2D eigenvalue weighted by molar-refractivity contribution is 5.75. The van der Waals surface area contributed by atoms with Crippen molar-refractivity contribution in [1.82, 2.24) is 4.98 Å². The molecule has 2 rings (SSSR count). The number of unbranched alkanes of at least 4 members (excludes halogenated alkanes) is 1. The summed E-state index contributed by atoms with van der Waals surface area (Å²) in [5.41, 5.74) is 2.78. The number of hydrogen-bond acceptors (Lipinski definition) is 3. The average molecular weight is 355 g/mol. The summed E-state index contributed by atoms with van der Waals surface area (Å²) in [6, 6.07) is 14.0. The third kappa shape index (κ3) is 8.28. The Morgan fingerprint density at radius 3 is 2.31 bits per heavy atom. The van der Waals surface area contributed by atoms with Crippen molar-refractivity contribution in [3.05, 3.63) is 42.5 Å². The van der Waals surface area contributed by atoms with Crippen LogP contribution in [-0.4, -0.2) is 17.8 Å². The normalized spacial score (nSPS) is 10.7. The van der Waals surface area contributed by atoms with Crippen molar-refractivity contribution in [2.75, 3.05) is 6.61 Å². The van der Waals surface area contributed by atoms with Gasteiger partial charge in [-0.25, -0.2) is 4.98 Å². The SMILES string of the molecule is CC=Nc1ccc(OCCCC(C)C)nc1-c1ccccc1.CCCC. The lowest BCUT2D eigenvalue weighted by molar-refractivity contribution is 0.287. The van der Waals surface area contributed by atoms with Crippen molar-refractivity contribution in [2.45, 2.75) is 60.3 Å². The summed E-state index contributed by atoms with van der Waals surface area (Å²) >= 11 is 0. The Bertz CT molecular complexity index is 634. The average Bonchev–Trinajstić information content (AvgIpc) is 2.67. The van der Waals surface area contributed by atoms with Crippen molar-refractivity contribution in [1.29, 1.82) is 0 Å². The first-order valence-electron chi connectivity index (χ1n) is 9.80. The number of aromatic nitrogens is 1. The predicted molar refractivity (Wildman–Crippen MR) is 114 cm³/mol. The molecule has 0 unspecified atom stereocenters. The molecule has 0 saturated heterocycles. The molecule has 0 saturated carbocycles. The molecule has 0 bridgehead atoms. The van der Waals surface area contributed by atoms with Gasteiger partial charge in [0.25, 0.3) is 0 Å². The number of aliphatic imine (C=N–C) groups is 1. The third-order valence-electron chi connectivity index (χ3n) is 3.84. The van der Waals surface area contributed by atoms with E-state index in [4.69, 9.17) is 4.74 Å². The largest absolute Gasteiger partial charge is 0.478 e. The predicted octanol–water partition coefficient (Wildman–Crippen LogP) is 7.09. The number of nitrogens with zero attached hydrogens (tertiary/aromatic N) is 2. The minimum Gasteiger partial charge on any atom is -0.478 e. The zero-order chi connectivity index (χ0) is 19.2. The van der Waals surface area contributed by atoms with Gasteiger partial charge in [0.05, 0.1) is 18.0 Å². The molecule has 142 valence electrons. The first-order valence-corrected chi connectivity index (χ1v) is 9.80. The van der Waals surface area contributed by atoms with Crippen molar-refractivity contribution in [3.8, 4) is 17.1 Å². The van der Waals surface area contributed by atoms with E-state index in [1.54, 1.807) is 6.21 Å². The molecule has 0 amide bonds. The van der Waals surface area contributed by atoms with E-state index >= 15 is 0 Å². The van der Waals surface area contributed by atoms with Crippen LogP contribution in [-0.2, 0) is 0 Å². The van der Waals surface area contributed by atoms with E-state index in [1.807, 2.05) is 49.4 Å². The molecule has 0 aliphatic heterocycles. The van der Waals surface area contributed by atoms with Gasteiger partial charge >= 0.3 is 0 Å². The smallest absolute Gasteiger partial charge is 0.213 e. The lowest BCUT2D eigenvalue weighted by Crippen LogP contribution is -2.01. The Morgan fingerprint density at radius 2 is 1.73 bits per heavy atom. The number of ether oxygens (including phenoxy) is 1. The Labute approximate surface area is 159 Å². The zero-order valence-electron chi connectivity index (χ0n) is 17.0. The second kappa shape index (κ2) is 13.1. The van der Waals surface area contributed by atoms with Crippen LogP contribution in [0.4, 0.5) is 5.69 Å². The molecular formula is C23H34N2O. The van der Waals surface area contributed by atoms with Gasteiger partial charge in [0.2, 0.25) is 5.88 Å². The number of rotatable bonds is 8. The maximum atomic E-state index is 5.79. The maximum Gasteiger partial charge on any atom is 0.213 e. The highest BCUT2D eigenvalue weighted by Gasteiger charge is 2.08. The van der Waals surface area contributed by atoms with Gasteiger partial charge in [0, 0.05) is 17.8 Å². The van der Waals surface area contributed by atoms with E-state index in [0.717, 1.165) is 23.4 Å². The second-order valence-electron chi connectivity index (χ2n) is 6.66. The molecule has 0 radical (unpaired) electrons. The van der Waals surface area contributed by atoms with Crippen LogP contribution in [0.5, 0.6) is 5.88 Å². The Kier molecular flexibility index (Phi) is 11.0. The third-order valence-corrected chi connectivity index (χ3v) is 3.84. The summed E-state index contributed by atoms with van der Waals surface area (Å²) in [7, 11) is 0. The minimum atomic E-state index is 0.665. The maximum absolute atomic E-state index is 5.79. The van der Waals surface area contributed by atoms with Crippen LogP contribution < -0.4 is 4.74 Å².